The maximum Gasteiger partial charge on any atom is 0.225 e. The predicted molar refractivity (Wildman–Crippen MR) is 111 cm³/mol. The lowest BCUT2D eigenvalue weighted by molar-refractivity contribution is -0.130. The van der Waals surface area contributed by atoms with Crippen LogP contribution in [0.15, 0.2) is 24.3 Å². The van der Waals surface area contributed by atoms with Crippen LogP contribution in [0.5, 0.6) is 5.75 Å². The SMILES string of the molecule is O=C(NC1CS(=O)(=O)C1)[C@@H]1CN(Cc2cccc(OCCO)c2)CC12CCOCC2. The molecule has 3 aliphatic heterocycles. The number of hydrogen-bond donors (Lipinski definition) is 2. The van der Waals surface area contributed by atoms with E-state index in [0.717, 1.165) is 30.7 Å². The fourth-order valence-corrected chi connectivity index (χ4v) is 6.24. The quantitative estimate of drug-likeness (QED) is 0.627. The van der Waals surface area contributed by atoms with Crippen LogP contribution >= 0.6 is 0 Å². The molecule has 30 heavy (non-hydrogen) atoms. The molecule has 0 aliphatic carbocycles. The Labute approximate surface area is 177 Å². The number of sulfone groups is 1. The molecule has 3 heterocycles. The van der Waals surface area contributed by atoms with Gasteiger partial charge in [0.15, 0.2) is 9.84 Å². The van der Waals surface area contributed by atoms with Crippen LogP contribution in [-0.4, -0.2) is 81.4 Å². The zero-order valence-corrected chi connectivity index (χ0v) is 17.9. The van der Waals surface area contributed by atoms with Crippen LogP contribution in [0.1, 0.15) is 18.4 Å². The smallest absolute Gasteiger partial charge is 0.225 e. The van der Waals surface area contributed by atoms with Crippen molar-refractivity contribution in [2.75, 3.05) is 51.0 Å². The van der Waals surface area contributed by atoms with Crippen molar-refractivity contribution in [3.8, 4) is 5.75 Å². The molecule has 3 saturated heterocycles. The van der Waals surface area contributed by atoms with Gasteiger partial charge in [-0.1, -0.05) is 12.1 Å². The summed E-state index contributed by atoms with van der Waals surface area (Å²) in [7, 11) is -2.97. The fourth-order valence-electron chi connectivity index (χ4n) is 4.94. The summed E-state index contributed by atoms with van der Waals surface area (Å²) in [5.41, 5.74) is 0.967. The molecule has 8 nitrogen and oxygen atoms in total. The summed E-state index contributed by atoms with van der Waals surface area (Å²) in [4.78, 5) is 15.4. The summed E-state index contributed by atoms with van der Waals surface area (Å²) in [6, 6.07) is 7.55. The number of aliphatic hydroxyl groups is 1. The molecule has 0 bridgehead atoms. The van der Waals surface area contributed by atoms with Crippen LogP contribution in [-0.2, 0) is 25.9 Å². The second-order valence-electron chi connectivity index (χ2n) is 8.70. The van der Waals surface area contributed by atoms with Crippen LogP contribution in [0, 0.1) is 11.3 Å². The summed E-state index contributed by atoms with van der Waals surface area (Å²) in [5, 5.41) is 11.9. The van der Waals surface area contributed by atoms with Crippen molar-refractivity contribution < 1.29 is 27.8 Å². The van der Waals surface area contributed by atoms with Crippen LogP contribution in [0.2, 0.25) is 0 Å². The van der Waals surface area contributed by atoms with Gasteiger partial charge in [0.1, 0.15) is 12.4 Å². The highest BCUT2D eigenvalue weighted by Crippen LogP contribution is 2.45. The molecule has 3 fully saturated rings. The van der Waals surface area contributed by atoms with E-state index in [-0.39, 0.29) is 48.0 Å². The molecule has 0 saturated carbocycles. The number of amides is 1. The second-order valence-corrected chi connectivity index (χ2v) is 10.9. The third-order valence-corrected chi connectivity index (χ3v) is 8.27. The molecule has 1 atom stereocenters. The molecule has 0 aromatic heterocycles. The van der Waals surface area contributed by atoms with Gasteiger partial charge in [0.25, 0.3) is 0 Å². The van der Waals surface area contributed by atoms with E-state index in [1.54, 1.807) is 0 Å². The molecule has 1 amide bonds. The van der Waals surface area contributed by atoms with Gasteiger partial charge in [0.2, 0.25) is 5.91 Å². The molecular weight excluding hydrogens is 408 g/mol. The van der Waals surface area contributed by atoms with Gasteiger partial charge < -0.3 is 19.9 Å². The molecule has 2 N–H and O–H groups in total. The average Bonchev–Trinajstić information content (AvgIpc) is 3.03. The number of likely N-dealkylation sites (tertiary alicyclic amines) is 1. The molecular formula is C21H30N2O6S. The first kappa shape index (κ1) is 21.5. The van der Waals surface area contributed by atoms with Crippen LogP contribution in [0.4, 0.5) is 0 Å². The minimum atomic E-state index is -2.97. The van der Waals surface area contributed by atoms with Gasteiger partial charge in [-0.05, 0) is 30.5 Å². The summed E-state index contributed by atoms with van der Waals surface area (Å²) in [6.45, 7) is 3.71. The molecule has 166 valence electrons. The number of ether oxygens (including phenoxy) is 2. The highest BCUT2D eigenvalue weighted by atomic mass is 32.2. The Morgan fingerprint density at radius 3 is 2.77 bits per heavy atom. The summed E-state index contributed by atoms with van der Waals surface area (Å²) in [5.74, 6) is 0.623. The number of hydrogen-bond acceptors (Lipinski definition) is 7. The van der Waals surface area contributed by atoms with Gasteiger partial charge >= 0.3 is 0 Å². The van der Waals surface area contributed by atoms with E-state index in [4.69, 9.17) is 14.6 Å². The van der Waals surface area contributed by atoms with Gasteiger partial charge in [0, 0.05) is 38.3 Å². The lowest BCUT2D eigenvalue weighted by Crippen LogP contribution is -2.56. The normalized spacial score (nSPS) is 25.7. The van der Waals surface area contributed by atoms with Crippen LogP contribution < -0.4 is 10.1 Å². The molecule has 4 rings (SSSR count). The lowest BCUT2D eigenvalue weighted by Gasteiger charge is -2.38. The van der Waals surface area contributed by atoms with Crippen molar-refractivity contribution in [1.29, 1.82) is 0 Å². The Balaban J connectivity index is 1.44. The third kappa shape index (κ3) is 4.80. The van der Waals surface area contributed by atoms with Crippen molar-refractivity contribution in [2.24, 2.45) is 11.3 Å². The van der Waals surface area contributed by atoms with Crippen LogP contribution in [0.3, 0.4) is 0 Å². The molecule has 0 unspecified atom stereocenters. The Hall–Kier alpha value is -1.68. The fraction of sp³-hybridized carbons (Fsp3) is 0.667. The van der Waals surface area contributed by atoms with Gasteiger partial charge in [-0.15, -0.1) is 0 Å². The van der Waals surface area contributed by atoms with E-state index in [1.807, 2.05) is 24.3 Å². The highest BCUT2D eigenvalue weighted by Gasteiger charge is 2.51. The Bertz CT molecular complexity index is 856. The molecule has 0 radical (unpaired) electrons. The summed E-state index contributed by atoms with van der Waals surface area (Å²) in [6.07, 6.45) is 1.68. The molecule has 9 heteroatoms. The van der Waals surface area contributed by atoms with Crippen molar-refractivity contribution in [1.82, 2.24) is 10.2 Å². The monoisotopic (exact) mass is 438 g/mol. The van der Waals surface area contributed by atoms with E-state index in [0.29, 0.717) is 26.3 Å². The summed E-state index contributed by atoms with van der Waals surface area (Å²) >= 11 is 0. The lowest BCUT2D eigenvalue weighted by atomic mass is 9.71. The topological polar surface area (TPSA) is 105 Å². The Kier molecular flexibility index (Phi) is 6.34. The highest BCUT2D eigenvalue weighted by molar-refractivity contribution is 7.92. The van der Waals surface area contributed by atoms with Gasteiger partial charge in [0.05, 0.1) is 30.1 Å². The van der Waals surface area contributed by atoms with Crippen LogP contribution in [0.25, 0.3) is 0 Å². The zero-order valence-electron chi connectivity index (χ0n) is 17.1. The number of nitrogens with zero attached hydrogens (tertiary/aromatic N) is 1. The molecule has 3 aliphatic rings. The standard InChI is InChI=1S/C21H30N2O6S/c24-6-9-29-18-3-1-2-16(10-18)11-23-12-19(21(15-23)4-7-28-8-5-21)20(25)22-17-13-30(26,27)14-17/h1-3,10,17,19,24H,4-9,11-15H2,(H,22,25)/t19-/m0/s1. The van der Waals surface area contributed by atoms with Crippen molar-refractivity contribution in [2.45, 2.75) is 25.4 Å². The number of rotatable bonds is 7. The largest absolute Gasteiger partial charge is 0.491 e. The maximum absolute atomic E-state index is 13.1. The van der Waals surface area contributed by atoms with Gasteiger partial charge in [-0.3, -0.25) is 9.69 Å². The van der Waals surface area contributed by atoms with Gasteiger partial charge in [-0.2, -0.15) is 0 Å². The Morgan fingerprint density at radius 1 is 1.30 bits per heavy atom. The Morgan fingerprint density at radius 2 is 2.07 bits per heavy atom. The maximum atomic E-state index is 13.1. The van der Waals surface area contributed by atoms with E-state index >= 15 is 0 Å². The first-order chi connectivity index (χ1) is 14.4. The molecule has 1 aromatic rings. The molecule has 1 aromatic carbocycles. The summed E-state index contributed by atoms with van der Waals surface area (Å²) < 4.78 is 34.0. The number of carbonyl (C=O) groups is 1. The minimum Gasteiger partial charge on any atom is -0.491 e. The van der Waals surface area contributed by atoms with E-state index in [1.165, 1.54) is 0 Å². The molecule has 1 spiro atoms. The number of nitrogens with one attached hydrogen (secondary N) is 1. The van der Waals surface area contributed by atoms with Gasteiger partial charge in [-0.25, -0.2) is 8.42 Å². The van der Waals surface area contributed by atoms with Crippen molar-refractivity contribution in [3.63, 3.8) is 0 Å². The van der Waals surface area contributed by atoms with E-state index < -0.39 is 9.84 Å². The van der Waals surface area contributed by atoms with Crippen molar-refractivity contribution in [3.05, 3.63) is 29.8 Å². The number of carbonyl (C=O) groups excluding carboxylic acids is 1. The predicted octanol–water partition coefficient (Wildman–Crippen LogP) is 0.200. The minimum absolute atomic E-state index is 0.0277. The second kappa shape index (κ2) is 8.82. The zero-order chi connectivity index (χ0) is 21.2. The van der Waals surface area contributed by atoms with E-state index in [9.17, 15) is 13.2 Å². The van der Waals surface area contributed by atoms with Crippen molar-refractivity contribution >= 4 is 15.7 Å². The third-order valence-electron chi connectivity index (χ3n) is 6.44. The first-order valence-corrected chi connectivity index (χ1v) is 12.3. The number of aliphatic hydroxyl groups excluding tert-OH is 1. The van der Waals surface area contributed by atoms with E-state index in [2.05, 4.69) is 10.2 Å². The first-order valence-electron chi connectivity index (χ1n) is 10.5. The number of benzene rings is 1. The average molecular weight is 439 g/mol.